The van der Waals surface area contributed by atoms with E-state index in [1.165, 1.54) is 6.42 Å². The molecule has 0 aliphatic heterocycles. The first-order valence-corrected chi connectivity index (χ1v) is 8.08. The molecule has 1 unspecified atom stereocenters. The Balaban J connectivity index is 2.58. The number of ketones is 1. The summed E-state index contributed by atoms with van der Waals surface area (Å²) in [7, 11) is 6.04. The molecule has 21 heavy (non-hydrogen) atoms. The Bertz CT molecular complexity index is 517. The van der Waals surface area contributed by atoms with Crippen LogP contribution in [0, 0.1) is 13.8 Å². The molecule has 0 N–H and O–H groups in total. The van der Waals surface area contributed by atoms with Crippen molar-refractivity contribution >= 4 is 15.0 Å². The third kappa shape index (κ3) is 2.94. The molecular weight excluding hydrogens is 283 g/mol. The first-order chi connectivity index (χ1) is 9.94. The van der Waals surface area contributed by atoms with E-state index in [0.717, 1.165) is 36.8 Å². The molecule has 0 radical (unpaired) electrons. The van der Waals surface area contributed by atoms with E-state index in [-0.39, 0.29) is 10.9 Å². The lowest BCUT2D eigenvalue weighted by atomic mass is 9.81. The van der Waals surface area contributed by atoms with Crippen LogP contribution in [-0.4, -0.2) is 25.2 Å². The average molecular weight is 308 g/mol. The number of rotatable bonds is 4. The van der Waals surface area contributed by atoms with Crippen molar-refractivity contribution in [3.05, 3.63) is 22.8 Å². The van der Waals surface area contributed by atoms with Crippen molar-refractivity contribution in [1.29, 1.82) is 0 Å². The van der Waals surface area contributed by atoms with E-state index in [9.17, 15) is 4.79 Å². The molecule has 1 aromatic carbocycles. The van der Waals surface area contributed by atoms with Gasteiger partial charge in [-0.2, -0.15) is 0 Å². The molecule has 0 bridgehead atoms. The van der Waals surface area contributed by atoms with Crippen LogP contribution >= 0.6 is 9.24 Å². The SMILES string of the molecule is COc1c(C)cc(C)c(OC)c1C(=O)C1(P)CCCCC1. The third-order valence-corrected chi connectivity index (χ3v) is 5.28. The molecular formula is C17H25O3P. The van der Waals surface area contributed by atoms with Crippen molar-refractivity contribution in [2.45, 2.75) is 51.1 Å². The summed E-state index contributed by atoms with van der Waals surface area (Å²) in [5.41, 5.74) is 2.56. The second-order valence-electron chi connectivity index (χ2n) is 6.00. The van der Waals surface area contributed by atoms with Crippen LogP contribution in [0.25, 0.3) is 0 Å². The maximum absolute atomic E-state index is 13.2. The van der Waals surface area contributed by atoms with Gasteiger partial charge in [0.05, 0.1) is 14.2 Å². The van der Waals surface area contributed by atoms with E-state index >= 15 is 0 Å². The van der Waals surface area contributed by atoms with E-state index in [0.29, 0.717) is 17.1 Å². The Kier molecular flexibility index (Phi) is 4.93. The van der Waals surface area contributed by atoms with E-state index in [2.05, 4.69) is 9.24 Å². The fourth-order valence-corrected chi connectivity index (χ4v) is 3.90. The number of benzene rings is 1. The van der Waals surface area contributed by atoms with Gasteiger partial charge in [-0.3, -0.25) is 4.79 Å². The highest BCUT2D eigenvalue weighted by molar-refractivity contribution is 7.21. The molecule has 0 amide bonds. The zero-order valence-electron chi connectivity index (χ0n) is 13.4. The summed E-state index contributed by atoms with van der Waals surface area (Å²) in [6.07, 6.45) is 5.24. The predicted octanol–water partition coefficient (Wildman–Crippen LogP) is 4.08. The maximum atomic E-state index is 13.2. The molecule has 0 aromatic heterocycles. The molecule has 1 saturated carbocycles. The molecule has 1 atom stereocenters. The van der Waals surface area contributed by atoms with Crippen LogP contribution in [0.1, 0.15) is 53.6 Å². The van der Waals surface area contributed by atoms with Crippen LogP contribution in [0.4, 0.5) is 0 Å². The fraction of sp³-hybridized carbons (Fsp3) is 0.588. The molecule has 1 aliphatic rings. The van der Waals surface area contributed by atoms with Crippen LogP contribution < -0.4 is 9.47 Å². The quantitative estimate of drug-likeness (QED) is 0.621. The number of carbonyl (C=O) groups excluding carboxylic acids is 1. The zero-order valence-corrected chi connectivity index (χ0v) is 14.6. The van der Waals surface area contributed by atoms with E-state index < -0.39 is 0 Å². The van der Waals surface area contributed by atoms with E-state index in [4.69, 9.17) is 9.47 Å². The molecule has 1 fully saturated rings. The summed E-state index contributed by atoms with van der Waals surface area (Å²) < 4.78 is 11.0. The number of hydrogen-bond donors (Lipinski definition) is 0. The first-order valence-electron chi connectivity index (χ1n) is 7.50. The number of aryl methyl sites for hydroxylation is 2. The van der Waals surface area contributed by atoms with Gasteiger partial charge in [0.25, 0.3) is 0 Å². The second-order valence-corrected chi connectivity index (χ2v) is 7.10. The lowest BCUT2D eigenvalue weighted by Gasteiger charge is -2.33. The van der Waals surface area contributed by atoms with Gasteiger partial charge in [-0.05, 0) is 43.9 Å². The van der Waals surface area contributed by atoms with Gasteiger partial charge < -0.3 is 9.47 Å². The lowest BCUT2D eigenvalue weighted by molar-refractivity contribution is 0.0911. The summed E-state index contributed by atoms with van der Waals surface area (Å²) in [4.78, 5) is 13.2. The minimum absolute atomic E-state index is 0.132. The largest absolute Gasteiger partial charge is 0.496 e. The summed E-state index contributed by atoms with van der Waals surface area (Å²) in [5, 5.41) is -0.376. The molecule has 0 saturated heterocycles. The van der Waals surface area contributed by atoms with Crippen molar-refractivity contribution in [2.24, 2.45) is 0 Å². The minimum Gasteiger partial charge on any atom is -0.496 e. The Labute approximate surface area is 129 Å². The highest BCUT2D eigenvalue weighted by Crippen LogP contribution is 2.44. The average Bonchev–Trinajstić information content (AvgIpc) is 2.46. The van der Waals surface area contributed by atoms with E-state index in [1.54, 1.807) is 14.2 Å². The van der Waals surface area contributed by atoms with Crippen LogP contribution in [0.5, 0.6) is 11.5 Å². The highest BCUT2D eigenvalue weighted by Gasteiger charge is 2.39. The van der Waals surface area contributed by atoms with Gasteiger partial charge >= 0.3 is 0 Å². The van der Waals surface area contributed by atoms with Gasteiger partial charge in [0.15, 0.2) is 5.78 Å². The summed E-state index contributed by atoms with van der Waals surface area (Å²) >= 11 is 0. The molecule has 2 rings (SSSR count). The minimum atomic E-state index is -0.376. The number of methoxy groups -OCH3 is 2. The van der Waals surface area contributed by atoms with Crippen molar-refractivity contribution < 1.29 is 14.3 Å². The fourth-order valence-electron chi connectivity index (χ4n) is 3.34. The van der Waals surface area contributed by atoms with Gasteiger partial charge in [-0.15, -0.1) is 9.24 Å². The van der Waals surface area contributed by atoms with Gasteiger partial charge in [0.1, 0.15) is 17.1 Å². The van der Waals surface area contributed by atoms with Crippen molar-refractivity contribution in [2.75, 3.05) is 14.2 Å². The Hall–Kier alpha value is -1.08. The second kappa shape index (κ2) is 6.36. The molecule has 0 spiro atoms. The van der Waals surface area contributed by atoms with Crippen LogP contribution in [0.15, 0.2) is 6.07 Å². The Morgan fingerprint density at radius 1 is 1.05 bits per heavy atom. The van der Waals surface area contributed by atoms with Crippen molar-refractivity contribution in [3.63, 3.8) is 0 Å². The molecule has 0 heterocycles. The molecule has 1 aliphatic carbocycles. The summed E-state index contributed by atoms with van der Waals surface area (Å²) in [5.74, 6) is 1.43. The lowest BCUT2D eigenvalue weighted by Crippen LogP contribution is -2.35. The van der Waals surface area contributed by atoms with Gasteiger partial charge in [0.2, 0.25) is 0 Å². The van der Waals surface area contributed by atoms with Gasteiger partial charge in [0, 0.05) is 5.16 Å². The topological polar surface area (TPSA) is 35.5 Å². The Morgan fingerprint density at radius 2 is 1.52 bits per heavy atom. The van der Waals surface area contributed by atoms with E-state index in [1.807, 2.05) is 19.9 Å². The maximum Gasteiger partial charge on any atom is 0.180 e. The van der Waals surface area contributed by atoms with Crippen LogP contribution in [0.2, 0.25) is 0 Å². The predicted molar refractivity (Wildman–Crippen MR) is 88.9 cm³/mol. The van der Waals surface area contributed by atoms with Gasteiger partial charge in [-0.25, -0.2) is 0 Å². The number of Topliss-reactive ketones (excluding diaryl/α,β-unsaturated/α-hetero) is 1. The van der Waals surface area contributed by atoms with Gasteiger partial charge in [-0.1, -0.05) is 19.3 Å². The Morgan fingerprint density at radius 3 is 1.95 bits per heavy atom. The number of ether oxygens (including phenoxy) is 2. The van der Waals surface area contributed by atoms with Crippen molar-refractivity contribution in [3.8, 4) is 11.5 Å². The van der Waals surface area contributed by atoms with Crippen LogP contribution in [0.3, 0.4) is 0 Å². The summed E-state index contributed by atoms with van der Waals surface area (Å²) in [6, 6.07) is 2.00. The monoisotopic (exact) mass is 308 g/mol. The van der Waals surface area contributed by atoms with Crippen molar-refractivity contribution in [1.82, 2.24) is 0 Å². The third-order valence-electron chi connectivity index (χ3n) is 4.44. The molecule has 1 aromatic rings. The zero-order chi connectivity index (χ0) is 15.6. The first kappa shape index (κ1) is 16.3. The normalized spacial score (nSPS) is 17.4. The van der Waals surface area contributed by atoms with Crippen LogP contribution in [-0.2, 0) is 0 Å². The molecule has 4 heteroatoms. The molecule has 3 nitrogen and oxygen atoms in total. The number of hydrogen-bond acceptors (Lipinski definition) is 3. The molecule has 116 valence electrons. The highest BCUT2D eigenvalue weighted by atomic mass is 31.0. The standard InChI is InChI=1S/C17H25O3P/c1-11-10-12(2)15(20-4)13(14(11)19-3)16(18)17(21)8-6-5-7-9-17/h10H,5-9,21H2,1-4H3. The smallest absolute Gasteiger partial charge is 0.180 e. The summed E-state index contributed by atoms with van der Waals surface area (Å²) in [6.45, 7) is 3.94. The number of carbonyl (C=O) groups is 1.